The molecule has 0 saturated carbocycles. The van der Waals surface area contributed by atoms with Crippen LogP contribution >= 0.6 is 24.2 Å². The Morgan fingerprint density at radius 3 is 2.36 bits per heavy atom. The van der Waals surface area contributed by atoms with E-state index in [2.05, 4.69) is 17.4 Å². The summed E-state index contributed by atoms with van der Waals surface area (Å²) in [7, 11) is 0. The first-order chi connectivity index (χ1) is 6.29. The number of alkyl halides is 3. The van der Waals surface area contributed by atoms with E-state index in [1.54, 1.807) is 0 Å². The molecule has 2 nitrogen and oxygen atoms in total. The van der Waals surface area contributed by atoms with Crippen LogP contribution in [-0.4, -0.2) is 6.36 Å². The molecule has 0 atom stereocenters. The summed E-state index contributed by atoms with van der Waals surface area (Å²) in [6.07, 6.45) is -4.76. The molecule has 0 saturated heterocycles. The van der Waals surface area contributed by atoms with E-state index in [0.29, 0.717) is 0 Å². The van der Waals surface area contributed by atoms with Crippen LogP contribution in [0.15, 0.2) is 17.0 Å². The molecule has 0 bridgehead atoms. The van der Waals surface area contributed by atoms with Gasteiger partial charge in [-0.3, -0.25) is 0 Å². The summed E-state index contributed by atoms with van der Waals surface area (Å²) in [6.45, 7) is 0. The van der Waals surface area contributed by atoms with Gasteiger partial charge in [-0.2, -0.15) is 0 Å². The average molecular weight is 244 g/mol. The zero-order valence-corrected chi connectivity index (χ0v) is 8.25. The highest BCUT2D eigenvalue weighted by molar-refractivity contribution is 7.80. The van der Waals surface area contributed by atoms with Crippen LogP contribution in [-0.2, 0) is 0 Å². The average Bonchev–Trinajstić information content (AvgIpc) is 1.96. The predicted octanol–water partition coefficient (Wildman–Crippen LogP) is 3.11. The highest BCUT2D eigenvalue weighted by Crippen LogP contribution is 2.33. The van der Waals surface area contributed by atoms with E-state index < -0.39 is 12.1 Å². The summed E-state index contributed by atoms with van der Waals surface area (Å²) < 4.78 is 39.0. The molecule has 0 unspecified atom stereocenters. The summed E-state index contributed by atoms with van der Waals surface area (Å²) in [5.41, 5.74) is 5.36. The van der Waals surface area contributed by atoms with Gasteiger partial charge in [0.15, 0.2) is 0 Å². The molecule has 0 aliphatic carbocycles. The minimum Gasteiger partial charge on any atom is -0.406 e. The van der Waals surface area contributed by atoms with E-state index in [-0.39, 0.29) is 15.6 Å². The zero-order valence-electron chi connectivity index (χ0n) is 6.60. The third-order valence-corrected chi connectivity index (χ3v) is 2.23. The number of thiol groups is 1. The summed E-state index contributed by atoms with van der Waals surface area (Å²) in [5, 5.41) is 0.00702. The van der Waals surface area contributed by atoms with Crippen molar-refractivity contribution in [2.75, 3.05) is 5.73 Å². The fourth-order valence-corrected chi connectivity index (χ4v) is 1.13. The topological polar surface area (TPSA) is 35.2 Å². The summed E-state index contributed by atoms with van der Waals surface area (Å²) in [6, 6.07) is 2.00. The smallest absolute Gasteiger partial charge is 0.406 e. The second kappa shape index (κ2) is 3.78. The third kappa shape index (κ3) is 2.88. The maximum Gasteiger partial charge on any atom is 0.573 e. The molecule has 0 radical (unpaired) electrons. The Labute approximate surface area is 88.2 Å². The van der Waals surface area contributed by atoms with Crippen LogP contribution in [0.4, 0.5) is 18.9 Å². The lowest BCUT2D eigenvalue weighted by atomic mass is 10.3. The van der Waals surface area contributed by atoms with Crippen LogP contribution in [0, 0.1) is 0 Å². The Bertz CT molecular complexity index is 332. The molecule has 1 aromatic rings. The first-order valence-electron chi connectivity index (χ1n) is 3.33. The predicted molar refractivity (Wildman–Crippen MR) is 49.8 cm³/mol. The van der Waals surface area contributed by atoms with Crippen molar-refractivity contribution in [1.82, 2.24) is 0 Å². The number of hydrogen-bond donors (Lipinski definition) is 2. The van der Waals surface area contributed by atoms with Crippen LogP contribution in [0.25, 0.3) is 0 Å². The van der Waals surface area contributed by atoms with E-state index >= 15 is 0 Å². The second-order valence-corrected chi connectivity index (χ2v) is 3.25. The minimum atomic E-state index is -4.76. The number of benzene rings is 1. The van der Waals surface area contributed by atoms with E-state index in [1.165, 1.54) is 0 Å². The van der Waals surface area contributed by atoms with Crippen molar-refractivity contribution in [2.24, 2.45) is 0 Å². The fourth-order valence-electron chi connectivity index (χ4n) is 0.787. The number of nitrogens with two attached hydrogens (primary N) is 1. The van der Waals surface area contributed by atoms with E-state index in [4.69, 9.17) is 17.3 Å². The van der Waals surface area contributed by atoms with Gasteiger partial charge in [-0.1, -0.05) is 11.6 Å². The molecule has 0 fully saturated rings. The highest BCUT2D eigenvalue weighted by Gasteiger charge is 2.31. The van der Waals surface area contributed by atoms with Gasteiger partial charge in [0.1, 0.15) is 5.75 Å². The molecule has 2 N–H and O–H groups in total. The molecule has 0 aliphatic rings. The molecule has 1 aromatic carbocycles. The Balaban J connectivity index is 3.02. The van der Waals surface area contributed by atoms with Crippen LogP contribution in [0.1, 0.15) is 0 Å². The molecule has 7 heteroatoms. The Morgan fingerprint density at radius 1 is 1.36 bits per heavy atom. The van der Waals surface area contributed by atoms with Gasteiger partial charge >= 0.3 is 6.36 Å². The molecule has 78 valence electrons. The fraction of sp³-hybridized carbons (Fsp3) is 0.143. The van der Waals surface area contributed by atoms with Gasteiger partial charge < -0.3 is 10.5 Å². The lowest BCUT2D eigenvalue weighted by molar-refractivity contribution is -0.274. The van der Waals surface area contributed by atoms with Crippen molar-refractivity contribution in [2.45, 2.75) is 11.3 Å². The normalized spacial score (nSPS) is 11.5. The van der Waals surface area contributed by atoms with Crippen molar-refractivity contribution in [3.8, 4) is 5.75 Å². The molecule has 0 amide bonds. The van der Waals surface area contributed by atoms with Crippen molar-refractivity contribution in [3.05, 3.63) is 17.2 Å². The molecule has 14 heavy (non-hydrogen) atoms. The molecule has 1 rings (SSSR count). The maximum absolute atomic E-state index is 11.8. The molecular weight excluding hydrogens is 239 g/mol. The Kier molecular flexibility index (Phi) is 3.06. The summed E-state index contributed by atoms with van der Waals surface area (Å²) in [4.78, 5) is 0.223. The largest absolute Gasteiger partial charge is 0.573 e. The maximum atomic E-state index is 11.8. The number of rotatable bonds is 1. The minimum absolute atomic E-state index is 0.00702. The standard InChI is InChI=1S/C7H5ClF3NOS/c8-4-1-3(13-7(9,10)11)2-5(12)6(4)14/h1-2,14H,12H2. The Hall–Kier alpha value is -0.750. The van der Waals surface area contributed by atoms with Crippen molar-refractivity contribution in [3.63, 3.8) is 0 Å². The SMILES string of the molecule is Nc1cc(OC(F)(F)F)cc(Cl)c1S. The van der Waals surface area contributed by atoms with Crippen LogP contribution in [0.5, 0.6) is 5.75 Å². The van der Waals surface area contributed by atoms with E-state index in [0.717, 1.165) is 12.1 Å². The number of hydrogen-bond acceptors (Lipinski definition) is 3. The molecule has 0 heterocycles. The second-order valence-electron chi connectivity index (χ2n) is 2.39. The van der Waals surface area contributed by atoms with Crippen LogP contribution < -0.4 is 10.5 Å². The zero-order chi connectivity index (χ0) is 10.9. The number of anilines is 1. The monoisotopic (exact) mass is 243 g/mol. The van der Waals surface area contributed by atoms with Gasteiger partial charge in [0.2, 0.25) is 0 Å². The number of nitrogen functional groups attached to an aromatic ring is 1. The van der Waals surface area contributed by atoms with Crippen LogP contribution in [0.2, 0.25) is 5.02 Å². The molecule has 0 aliphatic heterocycles. The quantitative estimate of drug-likeness (QED) is 0.587. The lowest BCUT2D eigenvalue weighted by Gasteiger charge is -2.10. The Morgan fingerprint density at radius 2 is 1.93 bits per heavy atom. The van der Waals surface area contributed by atoms with Gasteiger partial charge in [0, 0.05) is 17.0 Å². The first-order valence-corrected chi connectivity index (χ1v) is 4.16. The van der Waals surface area contributed by atoms with Crippen molar-refractivity contribution in [1.29, 1.82) is 0 Å². The summed E-state index contributed by atoms with van der Waals surface area (Å²) >= 11 is 9.42. The van der Waals surface area contributed by atoms with Gasteiger partial charge in [-0.25, -0.2) is 0 Å². The molecule has 0 spiro atoms. The van der Waals surface area contributed by atoms with E-state index in [9.17, 15) is 13.2 Å². The molecule has 0 aromatic heterocycles. The summed E-state index contributed by atoms with van der Waals surface area (Å²) in [5.74, 6) is -0.460. The van der Waals surface area contributed by atoms with E-state index in [1.807, 2.05) is 0 Å². The van der Waals surface area contributed by atoms with Crippen LogP contribution in [0.3, 0.4) is 0 Å². The third-order valence-electron chi connectivity index (χ3n) is 1.30. The number of ether oxygens (including phenoxy) is 1. The number of halogens is 4. The molecular formula is C7H5ClF3NOS. The van der Waals surface area contributed by atoms with Gasteiger partial charge in [-0.15, -0.1) is 25.8 Å². The van der Waals surface area contributed by atoms with Gasteiger partial charge in [-0.05, 0) is 0 Å². The first kappa shape index (κ1) is 11.3. The highest BCUT2D eigenvalue weighted by atomic mass is 35.5. The van der Waals surface area contributed by atoms with Crippen molar-refractivity contribution < 1.29 is 17.9 Å². The lowest BCUT2D eigenvalue weighted by Crippen LogP contribution is -2.17. The van der Waals surface area contributed by atoms with Crippen molar-refractivity contribution >= 4 is 29.9 Å². The van der Waals surface area contributed by atoms with Gasteiger partial charge in [0.05, 0.1) is 10.7 Å². The van der Waals surface area contributed by atoms with Gasteiger partial charge in [0.25, 0.3) is 0 Å².